The molecular formula is H23B4NaO17. The van der Waals surface area contributed by atoms with Gasteiger partial charge in [-0.1, -0.05) is 0 Å². The molecule has 2 saturated heterocycles. The molecule has 0 aromatic rings. The molecule has 22 N–H and O–H groups in total. The first-order valence-corrected chi connectivity index (χ1v) is 2.87. The zero-order valence-electron chi connectivity index (χ0n) is 12.2. The number of hydrogen-bond acceptors (Lipinski definition) is 7. The van der Waals surface area contributed by atoms with Gasteiger partial charge in [-0.3, -0.25) is 0 Å². The summed E-state index contributed by atoms with van der Waals surface area (Å²) in [6.07, 6.45) is 0. The van der Waals surface area contributed by atoms with Crippen LogP contribution in [0.5, 0.6) is 0 Å². The second kappa shape index (κ2) is 29.6. The smallest absolute Gasteiger partial charge is 1.00 e. The molecule has 0 aromatic carbocycles. The number of rotatable bonds is 0. The van der Waals surface area contributed by atoms with Crippen LogP contribution in [0.2, 0.25) is 0 Å². The Labute approximate surface area is 148 Å². The van der Waals surface area contributed by atoms with Gasteiger partial charge in [0.25, 0.3) is 0 Å². The summed E-state index contributed by atoms with van der Waals surface area (Å²) in [6.45, 7) is 0. The molecule has 0 saturated carbocycles. The van der Waals surface area contributed by atoms with Crippen molar-refractivity contribution in [3.63, 3.8) is 0 Å². The van der Waals surface area contributed by atoms with E-state index in [1.165, 1.54) is 0 Å². The molecule has 0 atom stereocenters. The third kappa shape index (κ3) is 18.6. The summed E-state index contributed by atoms with van der Waals surface area (Å²) >= 11 is 0. The van der Waals surface area contributed by atoms with Crippen LogP contribution in [0, 0.1) is 0 Å². The summed E-state index contributed by atoms with van der Waals surface area (Å²) < 4.78 is 22.6. The van der Waals surface area contributed by atoms with Crippen LogP contribution < -0.4 is 29.6 Å². The van der Waals surface area contributed by atoms with Gasteiger partial charge in [-0.2, -0.15) is 0 Å². The van der Waals surface area contributed by atoms with Gasteiger partial charge in [-0.15, -0.1) is 0 Å². The van der Waals surface area contributed by atoms with E-state index in [4.69, 9.17) is 10.0 Å². The Morgan fingerprint density at radius 1 is 0.455 bits per heavy atom. The first-order valence-electron chi connectivity index (χ1n) is 2.87. The zero-order chi connectivity index (χ0) is 7.84. The van der Waals surface area contributed by atoms with E-state index < -0.39 is 29.3 Å². The molecular weight excluding hydrogens is 338 g/mol. The fourth-order valence-electron chi connectivity index (χ4n) is 0.728. The van der Waals surface area contributed by atoms with E-state index in [1.807, 2.05) is 0 Å². The van der Waals surface area contributed by atoms with Crippen LogP contribution in [0.1, 0.15) is 1.43 Å². The molecule has 2 fully saturated rings. The minimum Gasteiger partial charge on any atom is -1.00 e. The Morgan fingerprint density at radius 3 is 0.818 bits per heavy atom. The molecule has 2 aliphatic heterocycles. The van der Waals surface area contributed by atoms with Crippen molar-refractivity contribution in [2.75, 3.05) is 0 Å². The molecule has 138 valence electrons. The molecule has 22 heteroatoms. The minimum atomic E-state index is -1.45. The second-order valence-corrected chi connectivity index (χ2v) is 1.87. The molecule has 0 aliphatic carbocycles. The van der Waals surface area contributed by atoms with Crippen molar-refractivity contribution in [2.45, 2.75) is 0 Å². The predicted molar refractivity (Wildman–Crippen MR) is 70.1 cm³/mol. The van der Waals surface area contributed by atoms with Gasteiger partial charge in [-0.25, -0.2) is 0 Å². The summed E-state index contributed by atoms with van der Waals surface area (Å²) in [6, 6.07) is 0. The number of hydrogen-bond donors (Lipinski definition) is 2. The molecule has 0 aromatic heterocycles. The molecule has 2 rings (SSSR count). The summed E-state index contributed by atoms with van der Waals surface area (Å²) in [5.74, 6) is 0. The van der Waals surface area contributed by atoms with Crippen molar-refractivity contribution in [3.05, 3.63) is 0 Å². The second-order valence-electron chi connectivity index (χ2n) is 1.87. The van der Waals surface area contributed by atoms with Crippen LogP contribution in [-0.2, 0) is 22.9 Å². The van der Waals surface area contributed by atoms with E-state index >= 15 is 0 Å². The van der Waals surface area contributed by atoms with E-state index in [1.54, 1.807) is 0 Å². The maximum Gasteiger partial charge on any atom is 1.00 e. The summed E-state index contributed by atoms with van der Waals surface area (Å²) in [4.78, 5) is 0. The fourth-order valence-corrected chi connectivity index (χ4v) is 0.728. The monoisotopic (exact) mass is 362 g/mol. The van der Waals surface area contributed by atoms with E-state index in [-0.39, 0.29) is 85.7 Å². The topological polar surface area (TPSA) is 402 Å². The summed E-state index contributed by atoms with van der Waals surface area (Å²) in [5.41, 5.74) is 0. The molecule has 2 aliphatic rings. The van der Waals surface area contributed by atoms with E-state index in [2.05, 4.69) is 22.9 Å². The first kappa shape index (κ1) is 66.4. The molecule has 22 heavy (non-hydrogen) atoms. The molecule has 0 spiro atoms. The van der Waals surface area contributed by atoms with Crippen LogP contribution >= 0.6 is 0 Å². The van der Waals surface area contributed by atoms with Crippen molar-refractivity contribution < 1.29 is 119 Å². The maximum atomic E-state index is 8.74. The van der Waals surface area contributed by atoms with Crippen LogP contribution in [0.15, 0.2) is 0 Å². The van der Waals surface area contributed by atoms with E-state index in [0.717, 1.165) is 0 Å². The molecule has 0 amide bonds. The molecule has 0 radical (unpaired) electrons. The Hall–Kier alpha value is 0.580. The van der Waals surface area contributed by atoms with Gasteiger partial charge in [-0.05, 0) is 0 Å². The van der Waals surface area contributed by atoms with Gasteiger partial charge in [0, 0.05) is 0 Å². The summed E-state index contributed by atoms with van der Waals surface area (Å²) in [7, 11) is -5.20. The van der Waals surface area contributed by atoms with Crippen LogP contribution in [0.3, 0.4) is 0 Å². The zero-order valence-corrected chi connectivity index (χ0v) is 13.2. The van der Waals surface area contributed by atoms with Crippen molar-refractivity contribution in [1.29, 1.82) is 0 Å². The van der Waals surface area contributed by atoms with Crippen LogP contribution in [0.4, 0.5) is 0 Å². The minimum absolute atomic E-state index is 0. The summed E-state index contributed by atoms with van der Waals surface area (Å²) in [5, 5.41) is 17.5. The van der Waals surface area contributed by atoms with Gasteiger partial charge < -0.3 is 89.1 Å². The van der Waals surface area contributed by atoms with Gasteiger partial charge in [0.2, 0.25) is 0 Å². The molecule has 17 nitrogen and oxygen atoms in total. The average Bonchev–Trinajstić information content (AvgIpc) is 1.82. The first-order chi connectivity index (χ1) is 5.24. The quantitative estimate of drug-likeness (QED) is 0.391. The van der Waals surface area contributed by atoms with Crippen molar-refractivity contribution in [2.24, 2.45) is 0 Å². The molecule has 2 heterocycles. The predicted octanol–water partition coefficient (Wildman–Crippen LogP) is -14.1. The maximum absolute atomic E-state index is 8.74. The van der Waals surface area contributed by atoms with Gasteiger partial charge in [0.15, 0.2) is 0 Å². The van der Waals surface area contributed by atoms with Crippen molar-refractivity contribution in [3.8, 4) is 0 Å². The van der Waals surface area contributed by atoms with Crippen LogP contribution in [0.25, 0.3) is 0 Å². The third-order valence-electron chi connectivity index (χ3n) is 1.13. The van der Waals surface area contributed by atoms with E-state index in [0.29, 0.717) is 0 Å². The fraction of sp³-hybridized carbons (Fsp3) is 0. The normalized spacial score (nSPS) is 12.3. The van der Waals surface area contributed by atoms with Crippen LogP contribution in [-0.4, -0.2) is 94.1 Å². The standard InChI is InChI=1S/B4H2O7.Na.10H2O.H/c5-1-7-3-9-2(6)10-4(8-1)11-3;;;;;;;;;;;;/h5-6H;;10*1H2;/q;+1;;;;;;;;;;;-1. The van der Waals surface area contributed by atoms with Crippen molar-refractivity contribution in [1.82, 2.24) is 0 Å². The third-order valence-corrected chi connectivity index (χ3v) is 1.13. The Kier molecular flexibility index (Phi) is 89.3. The molecule has 0 unspecified atom stereocenters. The Morgan fingerprint density at radius 2 is 0.636 bits per heavy atom. The number of fused-ring (bicyclic) bond motifs is 2. The molecule has 2 bridgehead atoms. The van der Waals surface area contributed by atoms with Gasteiger partial charge in [0.1, 0.15) is 0 Å². The Balaban J connectivity index is -0.0000000133. The Bertz CT molecular complexity index is 132. The largest absolute Gasteiger partial charge is 1.00 e. The van der Waals surface area contributed by atoms with Crippen molar-refractivity contribution >= 4 is 29.3 Å². The SMILES string of the molecule is O.O.O.O.O.O.O.O.O.O.OB1OB2OB(O)OB(O1)O2.[H-].[Na+]. The van der Waals surface area contributed by atoms with Gasteiger partial charge >= 0.3 is 58.8 Å². The van der Waals surface area contributed by atoms with E-state index in [9.17, 15) is 0 Å². The average molecular weight is 361 g/mol. The van der Waals surface area contributed by atoms with Gasteiger partial charge in [0.05, 0.1) is 0 Å².